The van der Waals surface area contributed by atoms with Gasteiger partial charge in [-0.2, -0.15) is 0 Å². The Morgan fingerprint density at radius 3 is 2.71 bits per heavy atom. The third-order valence-corrected chi connectivity index (χ3v) is 5.15. The van der Waals surface area contributed by atoms with Gasteiger partial charge in [0, 0.05) is 19.7 Å². The van der Waals surface area contributed by atoms with E-state index in [0.717, 1.165) is 12.1 Å². The molecular weight excluding hydrogens is 295 g/mol. The maximum atomic E-state index is 13.8. The van der Waals surface area contributed by atoms with Gasteiger partial charge in [0.1, 0.15) is 10.7 Å². The van der Waals surface area contributed by atoms with E-state index in [1.54, 1.807) is 13.2 Å². The predicted octanol–water partition coefficient (Wildman–Crippen LogP) is 1.39. The molecule has 1 saturated carbocycles. The third kappa shape index (κ3) is 4.00. The fraction of sp³-hybridized carbons (Fsp3) is 0.571. The van der Waals surface area contributed by atoms with E-state index < -0.39 is 15.8 Å². The summed E-state index contributed by atoms with van der Waals surface area (Å²) >= 11 is 0. The molecule has 0 radical (unpaired) electrons. The topological polar surface area (TPSA) is 67.4 Å². The first-order chi connectivity index (χ1) is 9.96. The van der Waals surface area contributed by atoms with E-state index >= 15 is 0 Å². The van der Waals surface area contributed by atoms with E-state index in [1.807, 2.05) is 6.92 Å². The van der Waals surface area contributed by atoms with E-state index in [9.17, 15) is 12.8 Å². The number of rotatable bonds is 7. The highest BCUT2D eigenvalue weighted by Gasteiger charge is 2.33. The molecule has 1 aliphatic rings. The van der Waals surface area contributed by atoms with Gasteiger partial charge in [-0.05, 0) is 37.1 Å². The van der Waals surface area contributed by atoms with E-state index in [1.165, 1.54) is 12.1 Å². The maximum absolute atomic E-state index is 13.8. The van der Waals surface area contributed by atoms with Crippen molar-refractivity contribution >= 4 is 10.0 Å². The van der Waals surface area contributed by atoms with Crippen LogP contribution in [0.15, 0.2) is 23.1 Å². The van der Waals surface area contributed by atoms with Crippen molar-refractivity contribution in [1.29, 1.82) is 0 Å². The van der Waals surface area contributed by atoms with Crippen LogP contribution in [0.2, 0.25) is 0 Å². The van der Waals surface area contributed by atoms with Crippen molar-refractivity contribution < 1.29 is 17.5 Å². The second kappa shape index (κ2) is 6.83. The van der Waals surface area contributed by atoms with E-state index in [0.29, 0.717) is 19.4 Å². The van der Waals surface area contributed by atoms with Gasteiger partial charge >= 0.3 is 0 Å². The lowest BCUT2D eigenvalue weighted by Gasteiger charge is -2.34. The number of nitrogens with one attached hydrogen (secondary N) is 2. The fourth-order valence-corrected chi connectivity index (χ4v) is 3.66. The number of methoxy groups -OCH3 is 1. The van der Waals surface area contributed by atoms with Crippen LogP contribution >= 0.6 is 0 Å². The van der Waals surface area contributed by atoms with Gasteiger partial charge in [-0.15, -0.1) is 0 Å². The minimum atomic E-state index is -3.84. The highest BCUT2D eigenvalue weighted by Crippen LogP contribution is 2.25. The summed E-state index contributed by atoms with van der Waals surface area (Å²) < 4.78 is 46.0. The quantitative estimate of drug-likeness (QED) is 0.798. The largest absolute Gasteiger partial charge is 0.381 e. The maximum Gasteiger partial charge on any atom is 0.243 e. The van der Waals surface area contributed by atoms with Crippen molar-refractivity contribution in [2.75, 3.05) is 13.7 Å². The van der Waals surface area contributed by atoms with Gasteiger partial charge in [-0.25, -0.2) is 17.5 Å². The Hall–Kier alpha value is -1.02. The average molecular weight is 316 g/mol. The summed E-state index contributed by atoms with van der Waals surface area (Å²) in [5, 5.41) is 3.08. The molecule has 5 nitrogen and oxygen atoms in total. The summed E-state index contributed by atoms with van der Waals surface area (Å²) in [7, 11) is -2.24. The highest BCUT2D eigenvalue weighted by molar-refractivity contribution is 7.89. The molecule has 1 aromatic rings. The molecule has 0 unspecified atom stereocenters. The Labute approximate surface area is 124 Å². The van der Waals surface area contributed by atoms with E-state index in [4.69, 9.17) is 4.74 Å². The molecule has 2 rings (SSSR count). The highest BCUT2D eigenvalue weighted by atomic mass is 32.2. The van der Waals surface area contributed by atoms with Gasteiger partial charge in [0.2, 0.25) is 10.0 Å². The molecule has 0 heterocycles. The first kappa shape index (κ1) is 16.4. The summed E-state index contributed by atoms with van der Waals surface area (Å²) in [6.07, 6.45) is 1.32. The van der Waals surface area contributed by atoms with Crippen molar-refractivity contribution in [3.8, 4) is 0 Å². The van der Waals surface area contributed by atoms with Crippen LogP contribution in [0.3, 0.4) is 0 Å². The molecule has 2 N–H and O–H groups in total. The SMILES string of the molecule is CCNCc1ccc(F)c(S(=O)(=O)NC2CC(OC)C2)c1. The van der Waals surface area contributed by atoms with Crippen molar-refractivity contribution in [3.63, 3.8) is 0 Å². The smallest absolute Gasteiger partial charge is 0.243 e. The normalized spacial score (nSPS) is 22.0. The van der Waals surface area contributed by atoms with Gasteiger partial charge in [-0.1, -0.05) is 13.0 Å². The van der Waals surface area contributed by atoms with Crippen molar-refractivity contribution in [2.24, 2.45) is 0 Å². The minimum absolute atomic E-state index is 0.0858. The number of sulfonamides is 1. The molecule has 21 heavy (non-hydrogen) atoms. The number of hydrogen-bond donors (Lipinski definition) is 2. The summed E-state index contributed by atoms with van der Waals surface area (Å²) in [5.74, 6) is -0.731. The fourth-order valence-electron chi connectivity index (χ4n) is 2.27. The van der Waals surface area contributed by atoms with Crippen LogP contribution in [0.4, 0.5) is 4.39 Å². The molecule has 0 atom stereocenters. The molecule has 0 aliphatic heterocycles. The van der Waals surface area contributed by atoms with Gasteiger partial charge in [0.05, 0.1) is 6.10 Å². The van der Waals surface area contributed by atoms with Crippen molar-refractivity contribution in [3.05, 3.63) is 29.6 Å². The lowest BCUT2D eigenvalue weighted by atomic mass is 9.90. The van der Waals surface area contributed by atoms with Crippen molar-refractivity contribution in [1.82, 2.24) is 10.0 Å². The lowest BCUT2D eigenvalue weighted by molar-refractivity contribution is 0.0236. The lowest BCUT2D eigenvalue weighted by Crippen LogP contribution is -2.47. The number of ether oxygens (including phenoxy) is 1. The van der Waals surface area contributed by atoms with Crippen LogP contribution in [0, 0.1) is 5.82 Å². The second-order valence-electron chi connectivity index (χ2n) is 5.19. The van der Waals surface area contributed by atoms with Crippen LogP contribution in [0.25, 0.3) is 0 Å². The first-order valence-electron chi connectivity index (χ1n) is 7.00. The van der Waals surface area contributed by atoms with E-state index in [-0.39, 0.29) is 17.0 Å². The number of halogens is 1. The molecule has 1 aliphatic carbocycles. The minimum Gasteiger partial charge on any atom is -0.381 e. The Kier molecular flexibility index (Phi) is 5.32. The Morgan fingerprint density at radius 2 is 2.10 bits per heavy atom. The second-order valence-corrected chi connectivity index (χ2v) is 6.87. The van der Waals surface area contributed by atoms with Gasteiger partial charge in [0.25, 0.3) is 0 Å². The Balaban J connectivity index is 2.11. The number of benzene rings is 1. The standard InChI is InChI=1S/C14H21FN2O3S/c1-3-16-9-10-4-5-13(15)14(6-10)21(18,19)17-11-7-12(8-11)20-2/h4-6,11-12,16-17H,3,7-9H2,1-2H3. The summed E-state index contributed by atoms with van der Waals surface area (Å²) in [6.45, 7) is 3.22. The van der Waals surface area contributed by atoms with E-state index in [2.05, 4.69) is 10.0 Å². The summed E-state index contributed by atoms with van der Waals surface area (Å²) in [5.41, 5.74) is 0.738. The zero-order chi connectivity index (χ0) is 15.5. The van der Waals surface area contributed by atoms with Gasteiger partial charge < -0.3 is 10.1 Å². The molecule has 0 aromatic heterocycles. The first-order valence-corrected chi connectivity index (χ1v) is 8.49. The third-order valence-electron chi connectivity index (χ3n) is 3.61. The van der Waals surface area contributed by atoms with Crippen molar-refractivity contribution in [2.45, 2.75) is 43.4 Å². The molecule has 7 heteroatoms. The molecule has 0 spiro atoms. The molecule has 0 bridgehead atoms. The zero-order valence-electron chi connectivity index (χ0n) is 12.2. The number of hydrogen-bond acceptors (Lipinski definition) is 4. The van der Waals surface area contributed by atoms with Crippen LogP contribution in [0.1, 0.15) is 25.3 Å². The molecule has 0 saturated heterocycles. The van der Waals surface area contributed by atoms with Crippen LogP contribution in [-0.4, -0.2) is 34.2 Å². The Bertz CT molecular complexity index is 586. The Morgan fingerprint density at radius 1 is 1.38 bits per heavy atom. The summed E-state index contributed by atoms with van der Waals surface area (Å²) in [6, 6.07) is 3.98. The molecule has 1 aromatic carbocycles. The van der Waals surface area contributed by atoms with Gasteiger partial charge in [0.15, 0.2) is 0 Å². The van der Waals surface area contributed by atoms with Crippen LogP contribution in [0.5, 0.6) is 0 Å². The molecular formula is C14H21FN2O3S. The molecule has 0 amide bonds. The van der Waals surface area contributed by atoms with Crippen LogP contribution in [-0.2, 0) is 21.3 Å². The van der Waals surface area contributed by atoms with Crippen LogP contribution < -0.4 is 10.0 Å². The van der Waals surface area contributed by atoms with Gasteiger partial charge in [-0.3, -0.25) is 0 Å². The average Bonchev–Trinajstić information content (AvgIpc) is 2.41. The molecule has 1 fully saturated rings. The predicted molar refractivity (Wildman–Crippen MR) is 77.9 cm³/mol. The molecule has 118 valence electrons. The monoisotopic (exact) mass is 316 g/mol. The zero-order valence-corrected chi connectivity index (χ0v) is 13.0. The summed E-state index contributed by atoms with van der Waals surface area (Å²) in [4.78, 5) is -0.293.